The number of hydrogen-bond donors (Lipinski definition) is 2. The van der Waals surface area contributed by atoms with E-state index in [-0.39, 0.29) is 5.91 Å². The van der Waals surface area contributed by atoms with Crippen molar-refractivity contribution in [1.82, 2.24) is 5.32 Å². The quantitative estimate of drug-likeness (QED) is 0.487. The lowest BCUT2D eigenvalue weighted by molar-refractivity contribution is -0.683. The summed E-state index contributed by atoms with van der Waals surface area (Å²) in [4.78, 5) is 12.2. The van der Waals surface area contributed by atoms with Gasteiger partial charge >= 0.3 is 0 Å². The lowest BCUT2D eigenvalue weighted by Gasteiger charge is -2.23. The molecule has 0 aromatic heterocycles. The van der Waals surface area contributed by atoms with Crippen LogP contribution >= 0.6 is 34.8 Å². The summed E-state index contributed by atoms with van der Waals surface area (Å²) in [6.07, 6.45) is 0.992. The molecule has 0 bridgehead atoms. The molecule has 19 heavy (non-hydrogen) atoms. The van der Waals surface area contributed by atoms with E-state index in [0.717, 1.165) is 5.56 Å². The second-order valence-corrected chi connectivity index (χ2v) is 6.44. The molecule has 104 valence electrons. The third-order valence-electron chi connectivity index (χ3n) is 2.57. The van der Waals surface area contributed by atoms with Gasteiger partial charge in [0.15, 0.2) is 0 Å². The molecular formula is C13H16Cl3N2O+. The van der Waals surface area contributed by atoms with Gasteiger partial charge in [-0.1, -0.05) is 59.6 Å². The Morgan fingerprint density at radius 1 is 1.47 bits per heavy atom. The van der Waals surface area contributed by atoms with Crippen LogP contribution in [0.4, 0.5) is 0 Å². The van der Waals surface area contributed by atoms with Gasteiger partial charge in [-0.3, -0.25) is 10.1 Å². The fraction of sp³-hybridized carbons (Fsp3) is 0.308. The minimum Gasteiger partial charge on any atom is -0.320 e. The second-order valence-electron chi connectivity index (χ2n) is 4.07. The molecule has 0 heterocycles. The topological polar surface area (TPSA) is 45.7 Å². The fourth-order valence-corrected chi connectivity index (χ4v) is 1.98. The largest absolute Gasteiger partial charge is 0.320 e. The number of carbonyl (C=O) groups excluding carboxylic acids is 1. The van der Waals surface area contributed by atoms with Gasteiger partial charge in [-0.2, -0.15) is 0 Å². The summed E-state index contributed by atoms with van der Waals surface area (Å²) in [7, 11) is 0. The van der Waals surface area contributed by atoms with Crippen LogP contribution in [0.15, 0.2) is 36.9 Å². The zero-order valence-electron chi connectivity index (χ0n) is 10.5. The predicted octanol–water partition coefficient (Wildman–Crippen LogP) is 2.17. The van der Waals surface area contributed by atoms with Gasteiger partial charge in [0.05, 0.1) is 6.54 Å². The third kappa shape index (κ3) is 5.03. The minimum atomic E-state index is -1.60. The van der Waals surface area contributed by atoms with Gasteiger partial charge in [-0.15, -0.1) is 0 Å². The Morgan fingerprint density at radius 2 is 2.11 bits per heavy atom. The van der Waals surface area contributed by atoms with Crippen molar-refractivity contribution in [3.05, 3.63) is 48.0 Å². The molecule has 0 unspecified atom stereocenters. The molecule has 0 saturated carbocycles. The summed E-state index contributed by atoms with van der Waals surface area (Å²) in [5, 5.41) is 4.42. The Balaban J connectivity index is 2.82. The maximum atomic E-state index is 12.2. The van der Waals surface area contributed by atoms with Gasteiger partial charge in [0.1, 0.15) is 0 Å². The van der Waals surface area contributed by atoms with Crippen LogP contribution in [0, 0.1) is 6.92 Å². The average molecular weight is 323 g/mol. The van der Waals surface area contributed by atoms with Crippen LogP contribution in [0.3, 0.4) is 0 Å². The van der Waals surface area contributed by atoms with E-state index < -0.39 is 9.96 Å². The maximum absolute atomic E-state index is 12.2. The Kier molecular flexibility index (Phi) is 6.14. The smallest absolute Gasteiger partial charge is 0.262 e. The summed E-state index contributed by atoms with van der Waals surface area (Å²) >= 11 is 17.6. The summed E-state index contributed by atoms with van der Waals surface area (Å²) in [5.74, 6) is -0.269. The summed E-state index contributed by atoms with van der Waals surface area (Å²) in [6, 6.07) is 7.24. The Bertz CT molecular complexity index is 457. The van der Waals surface area contributed by atoms with E-state index in [4.69, 9.17) is 34.8 Å². The zero-order valence-corrected chi connectivity index (χ0v) is 12.8. The number of benzene rings is 1. The van der Waals surface area contributed by atoms with Gasteiger partial charge in [0.25, 0.3) is 9.70 Å². The molecule has 1 aromatic rings. The normalized spacial score (nSPS) is 12.8. The van der Waals surface area contributed by atoms with Crippen LogP contribution in [0.25, 0.3) is 0 Å². The Hall–Kier alpha value is -0.740. The van der Waals surface area contributed by atoms with E-state index in [9.17, 15) is 4.79 Å². The number of amides is 1. The lowest BCUT2D eigenvalue weighted by Crippen LogP contribution is -2.96. The van der Waals surface area contributed by atoms with Crippen LogP contribution in [0.1, 0.15) is 15.9 Å². The molecule has 0 aliphatic heterocycles. The van der Waals surface area contributed by atoms with Gasteiger partial charge in [-0.25, -0.2) is 0 Å². The number of hydrogen-bond acceptors (Lipinski definition) is 1. The second kappa shape index (κ2) is 7.15. The number of nitrogens with one attached hydrogen (secondary N) is 1. The number of nitrogens with two attached hydrogens (primary N) is 1. The highest BCUT2D eigenvalue weighted by Gasteiger charge is 2.37. The molecule has 1 rings (SSSR count). The first-order valence-corrected chi connectivity index (χ1v) is 6.87. The van der Waals surface area contributed by atoms with Crippen molar-refractivity contribution < 1.29 is 10.1 Å². The fourth-order valence-electron chi connectivity index (χ4n) is 1.55. The van der Waals surface area contributed by atoms with Gasteiger partial charge in [-0.05, 0) is 24.6 Å². The highest BCUT2D eigenvalue weighted by Crippen LogP contribution is 2.27. The molecule has 1 amide bonds. The van der Waals surface area contributed by atoms with Crippen molar-refractivity contribution >= 4 is 40.7 Å². The first-order chi connectivity index (χ1) is 8.86. The molecule has 6 heteroatoms. The molecule has 1 atom stereocenters. The van der Waals surface area contributed by atoms with Crippen LogP contribution < -0.4 is 10.6 Å². The van der Waals surface area contributed by atoms with E-state index in [1.54, 1.807) is 23.5 Å². The number of carbonyl (C=O) groups is 1. The molecule has 0 aliphatic carbocycles. The van der Waals surface area contributed by atoms with E-state index in [1.165, 1.54) is 0 Å². The lowest BCUT2D eigenvalue weighted by atomic mass is 10.1. The molecule has 0 radical (unpaired) electrons. The monoisotopic (exact) mass is 321 g/mol. The number of aryl methyl sites for hydroxylation is 1. The Morgan fingerprint density at radius 3 is 2.63 bits per heavy atom. The molecule has 0 saturated heterocycles. The molecule has 1 aromatic carbocycles. The highest BCUT2D eigenvalue weighted by atomic mass is 35.6. The van der Waals surface area contributed by atoms with Crippen LogP contribution in [0.5, 0.6) is 0 Å². The van der Waals surface area contributed by atoms with E-state index in [0.29, 0.717) is 12.1 Å². The summed E-state index contributed by atoms with van der Waals surface area (Å²) in [5.41, 5.74) is 1.43. The van der Waals surface area contributed by atoms with Gasteiger partial charge < -0.3 is 5.32 Å². The van der Waals surface area contributed by atoms with E-state index >= 15 is 0 Å². The number of alkyl halides is 3. The van der Waals surface area contributed by atoms with Crippen molar-refractivity contribution in [1.29, 1.82) is 0 Å². The summed E-state index contributed by atoms with van der Waals surface area (Å²) in [6.45, 7) is 5.98. The maximum Gasteiger partial charge on any atom is 0.262 e. The molecule has 3 nitrogen and oxygen atoms in total. The SMILES string of the molecule is C=CC[NH2+][C@H](NC(=O)c1ccccc1C)C(Cl)(Cl)Cl. The van der Waals surface area contributed by atoms with Crippen LogP contribution in [0.2, 0.25) is 0 Å². The molecule has 0 aliphatic rings. The summed E-state index contributed by atoms with van der Waals surface area (Å²) < 4.78 is -1.60. The minimum absolute atomic E-state index is 0.269. The van der Waals surface area contributed by atoms with Gasteiger partial charge in [0.2, 0.25) is 6.17 Å². The van der Waals surface area contributed by atoms with Crippen molar-refractivity contribution in [3.8, 4) is 0 Å². The van der Waals surface area contributed by atoms with Gasteiger partial charge in [0, 0.05) is 5.56 Å². The molecule has 0 fully saturated rings. The van der Waals surface area contributed by atoms with Crippen molar-refractivity contribution in [2.45, 2.75) is 16.9 Å². The Labute approximate surface area is 127 Å². The molecule has 3 N–H and O–H groups in total. The number of quaternary nitrogens is 1. The highest BCUT2D eigenvalue weighted by molar-refractivity contribution is 6.68. The van der Waals surface area contributed by atoms with Crippen LogP contribution in [-0.4, -0.2) is 22.4 Å². The first kappa shape index (κ1) is 16.3. The van der Waals surface area contributed by atoms with Crippen molar-refractivity contribution in [2.24, 2.45) is 0 Å². The van der Waals surface area contributed by atoms with Crippen molar-refractivity contribution in [3.63, 3.8) is 0 Å². The zero-order chi connectivity index (χ0) is 14.5. The predicted molar refractivity (Wildman–Crippen MR) is 79.7 cm³/mol. The first-order valence-electron chi connectivity index (χ1n) is 5.73. The molecular weight excluding hydrogens is 307 g/mol. The number of rotatable bonds is 5. The van der Waals surface area contributed by atoms with Crippen LogP contribution in [-0.2, 0) is 0 Å². The number of halogens is 3. The third-order valence-corrected chi connectivity index (χ3v) is 3.27. The molecule has 0 spiro atoms. The van der Waals surface area contributed by atoms with Crippen molar-refractivity contribution in [2.75, 3.05) is 6.54 Å². The van der Waals surface area contributed by atoms with E-state index in [2.05, 4.69) is 11.9 Å². The average Bonchev–Trinajstić information content (AvgIpc) is 2.33. The standard InChI is InChI=1S/C13H15Cl3N2O/c1-3-8-17-12(13(14,15)16)18-11(19)10-7-5-4-6-9(10)2/h3-7,12,17H,1,8H2,2H3,(H,18,19)/p+1/t12-/m1/s1. The van der Waals surface area contributed by atoms with E-state index in [1.807, 2.05) is 19.1 Å².